The maximum atomic E-state index is 9.96. The van der Waals surface area contributed by atoms with Crippen molar-refractivity contribution in [2.24, 2.45) is 0 Å². The van der Waals surface area contributed by atoms with Gasteiger partial charge in [-0.3, -0.25) is 0 Å². The second-order valence-corrected chi connectivity index (χ2v) is 5.36. The van der Waals surface area contributed by atoms with E-state index in [2.05, 4.69) is 13.8 Å². The molecular weight excluding hydrogens is 234 g/mol. The molecule has 0 aliphatic heterocycles. The van der Waals surface area contributed by atoms with E-state index in [1.54, 1.807) is 6.07 Å². The van der Waals surface area contributed by atoms with Crippen LogP contribution in [-0.2, 0) is 12.8 Å². The number of nitrogens with two attached hydrogens (primary N) is 1. The Balaban J connectivity index is 2.38. The number of unbranched alkanes of at least 4 members (excludes halogenated alkanes) is 6. The van der Waals surface area contributed by atoms with E-state index in [9.17, 15) is 5.11 Å². The summed E-state index contributed by atoms with van der Waals surface area (Å²) in [4.78, 5) is 0. The minimum Gasteiger partial charge on any atom is -0.508 e. The second-order valence-electron chi connectivity index (χ2n) is 5.36. The van der Waals surface area contributed by atoms with Crippen LogP contribution in [0.3, 0.4) is 0 Å². The van der Waals surface area contributed by atoms with Crippen LogP contribution in [0.5, 0.6) is 5.75 Å². The smallest absolute Gasteiger partial charge is 0.119 e. The molecule has 1 aromatic rings. The zero-order chi connectivity index (χ0) is 14.1. The van der Waals surface area contributed by atoms with E-state index in [0.29, 0.717) is 5.75 Å². The first kappa shape index (κ1) is 15.9. The van der Waals surface area contributed by atoms with E-state index >= 15 is 0 Å². The highest BCUT2D eigenvalue weighted by atomic mass is 16.3. The van der Waals surface area contributed by atoms with Crippen molar-refractivity contribution in [3.05, 3.63) is 23.3 Å². The molecule has 0 aliphatic rings. The van der Waals surface area contributed by atoms with Gasteiger partial charge in [0.15, 0.2) is 0 Å². The molecule has 2 heteroatoms. The van der Waals surface area contributed by atoms with Crippen molar-refractivity contribution in [3.63, 3.8) is 0 Å². The van der Waals surface area contributed by atoms with Crippen LogP contribution >= 0.6 is 0 Å². The Morgan fingerprint density at radius 3 is 2.16 bits per heavy atom. The SMILES string of the molecule is CCCCCCCCCc1c(O)ccc(N)c1CC. The summed E-state index contributed by atoms with van der Waals surface area (Å²) in [6, 6.07) is 3.54. The summed E-state index contributed by atoms with van der Waals surface area (Å²) in [6.45, 7) is 4.34. The molecule has 1 rings (SSSR count). The van der Waals surface area contributed by atoms with E-state index in [4.69, 9.17) is 5.73 Å². The Bertz CT molecular complexity index is 374. The molecule has 0 spiro atoms. The number of aromatic hydroxyl groups is 1. The number of nitrogen functional groups attached to an aromatic ring is 1. The zero-order valence-corrected chi connectivity index (χ0v) is 12.5. The Morgan fingerprint density at radius 1 is 0.895 bits per heavy atom. The predicted octanol–water partition coefficient (Wildman–Crippen LogP) is 4.83. The van der Waals surface area contributed by atoms with Gasteiger partial charge in [-0.05, 0) is 42.5 Å². The van der Waals surface area contributed by atoms with Crippen LogP contribution in [0.1, 0.15) is 69.9 Å². The molecule has 0 saturated heterocycles. The maximum Gasteiger partial charge on any atom is 0.119 e. The molecule has 3 N–H and O–H groups in total. The third-order valence-electron chi connectivity index (χ3n) is 3.83. The summed E-state index contributed by atoms with van der Waals surface area (Å²) in [5.74, 6) is 0.414. The molecule has 0 radical (unpaired) electrons. The number of rotatable bonds is 9. The standard InChI is InChI=1S/C17H29NO/c1-3-5-6-7-8-9-10-11-15-14(4-2)16(18)12-13-17(15)19/h12-13,19H,3-11,18H2,1-2H3. The molecule has 0 bridgehead atoms. The molecule has 19 heavy (non-hydrogen) atoms. The van der Waals surface area contributed by atoms with Crippen LogP contribution in [0.15, 0.2) is 12.1 Å². The number of hydrogen-bond acceptors (Lipinski definition) is 2. The van der Waals surface area contributed by atoms with Crippen molar-refractivity contribution in [1.29, 1.82) is 0 Å². The normalized spacial score (nSPS) is 10.8. The Kier molecular flexibility index (Phi) is 7.39. The summed E-state index contributed by atoms with van der Waals surface area (Å²) < 4.78 is 0. The lowest BCUT2D eigenvalue weighted by Crippen LogP contribution is -2.00. The number of phenols is 1. The molecule has 0 fully saturated rings. The third-order valence-corrected chi connectivity index (χ3v) is 3.83. The number of phenolic OH excluding ortho intramolecular Hbond substituents is 1. The number of benzene rings is 1. The van der Waals surface area contributed by atoms with Crippen LogP contribution < -0.4 is 5.73 Å². The van der Waals surface area contributed by atoms with Gasteiger partial charge in [0.05, 0.1) is 0 Å². The fourth-order valence-corrected chi connectivity index (χ4v) is 2.65. The molecule has 0 heterocycles. The molecule has 0 amide bonds. The fourth-order valence-electron chi connectivity index (χ4n) is 2.65. The largest absolute Gasteiger partial charge is 0.508 e. The highest BCUT2D eigenvalue weighted by molar-refractivity contribution is 5.56. The van der Waals surface area contributed by atoms with Crippen LogP contribution in [0, 0.1) is 0 Å². The molecular formula is C17H29NO. The summed E-state index contributed by atoms with van der Waals surface area (Å²) in [7, 11) is 0. The van der Waals surface area contributed by atoms with Crippen molar-refractivity contribution in [2.75, 3.05) is 5.73 Å². The van der Waals surface area contributed by atoms with Crippen molar-refractivity contribution < 1.29 is 5.11 Å². The molecule has 0 saturated carbocycles. The zero-order valence-electron chi connectivity index (χ0n) is 12.5. The van der Waals surface area contributed by atoms with Crippen molar-refractivity contribution in [2.45, 2.75) is 71.6 Å². The van der Waals surface area contributed by atoms with E-state index in [1.165, 1.54) is 38.5 Å². The van der Waals surface area contributed by atoms with E-state index < -0.39 is 0 Å². The minimum absolute atomic E-state index is 0.414. The van der Waals surface area contributed by atoms with Crippen LogP contribution in [0.4, 0.5) is 5.69 Å². The van der Waals surface area contributed by atoms with Gasteiger partial charge >= 0.3 is 0 Å². The highest BCUT2D eigenvalue weighted by Gasteiger charge is 2.09. The van der Waals surface area contributed by atoms with E-state index in [1.807, 2.05) is 6.07 Å². The minimum atomic E-state index is 0.414. The molecule has 0 atom stereocenters. The topological polar surface area (TPSA) is 46.2 Å². The van der Waals surface area contributed by atoms with Gasteiger partial charge in [0.1, 0.15) is 5.75 Å². The lowest BCUT2D eigenvalue weighted by Gasteiger charge is -2.12. The highest BCUT2D eigenvalue weighted by Crippen LogP contribution is 2.28. The van der Waals surface area contributed by atoms with Crippen LogP contribution in [0.2, 0.25) is 0 Å². The molecule has 0 aromatic heterocycles. The van der Waals surface area contributed by atoms with Gasteiger partial charge in [-0.15, -0.1) is 0 Å². The van der Waals surface area contributed by atoms with Crippen LogP contribution in [-0.4, -0.2) is 5.11 Å². The predicted molar refractivity (Wildman–Crippen MR) is 83.6 cm³/mol. The van der Waals surface area contributed by atoms with Crippen LogP contribution in [0.25, 0.3) is 0 Å². The second kappa shape index (κ2) is 8.84. The average Bonchev–Trinajstić information content (AvgIpc) is 2.41. The first-order valence-corrected chi connectivity index (χ1v) is 7.79. The lowest BCUT2D eigenvalue weighted by molar-refractivity contribution is 0.465. The van der Waals surface area contributed by atoms with Crippen molar-refractivity contribution in [1.82, 2.24) is 0 Å². The van der Waals surface area contributed by atoms with Gasteiger partial charge in [0.2, 0.25) is 0 Å². The summed E-state index contributed by atoms with van der Waals surface area (Å²) in [5.41, 5.74) is 8.99. The molecule has 1 aromatic carbocycles. The van der Waals surface area contributed by atoms with Gasteiger partial charge in [-0.25, -0.2) is 0 Å². The lowest BCUT2D eigenvalue weighted by atomic mass is 9.96. The number of anilines is 1. The molecule has 0 unspecified atom stereocenters. The summed E-state index contributed by atoms with van der Waals surface area (Å²) in [5, 5.41) is 9.96. The summed E-state index contributed by atoms with van der Waals surface area (Å²) in [6.07, 6.45) is 10.9. The Hall–Kier alpha value is -1.18. The quantitative estimate of drug-likeness (QED) is 0.381. The molecule has 2 nitrogen and oxygen atoms in total. The van der Waals surface area contributed by atoms with Gasteiger partial charge in [0.25, 0.3) is 0 Å². The van der Waals surface area contributed by atoms with Gasteiger partial charge in [-0.2, -0.15) is 0 Å². The Morgan fingerprint density at radius 2 is 1.53 bits per heavy atom. The van der Waals surface area contributed by atoms with Gasteiger partial charge in [0, 0.05) is 5.69 Å². The fraction of sp³-hybridized carbons (Fsp3) is 0.647. The van der Waals surface area contributed by atoms with Gasteiger partial charge in [-0.1, -0.05) is 52.4 Å². The monoisotopic (exact) mass is 263 g/mol. The molecule has 108 valence electrons. The first-order chi connectivity index (χ1) is 9.20. The Labute approximate surface area is 118 Å². The van der Waals surface area contributed by atoms with E-state index in [0.717, 1.165) is 36.1 Å². The number of hydrogen-bond donors (Lipinski definition) is 2. The van der Waals surface area contributed by atoms with Crippen molar-refractivity contribution in [3.8, 4) is 5.75 Å². The summed E-state index contributed by atoms with van der Waals surface area (Å²) >= 11 is 0. The van der Waals surface area contributed by atoms with Gasteiger partial charge < -0.3 is 10.8 Å². The molecule has 0 aliphatic carbocycles. The third kappa shape index (κ3) is 5.14. The van der Waals surface area contributed by atoms with Crippen molar-refractivity contribution >= 4 is 5.69 Å². The van der Waals surface area contributed by atoms with E-state index in [-0.39, 0.29) is 0 Å². The first-order valence-electron chi connectivity index (χ1n) is 7.79. The maximum absolute atomic E-state index is 9.96. The average molecular weight is 263 g/mol.